The van der Waals surface area contributed by atoms with Crippen LogP contribution >= 0.6 is 0 Å². The number of nitrogens with zero attached hydrogens (tertiary/aromatic N) is 2. The van der Waals surface area contributed by atoms with E-state index in [1.165, 1.54) is 12.1 Å². The number of piperidine rings is 3. The smallest absolute Gasteiger partial charge is 0.270 e. The van der Waals surface area contributed by atoms with Crippen molar-refractivity contribution >= 4 is 17.1 Å². The van der Waals surface area contributed by atoms with Crippen molar-refractivity contribution in [1.82, 2.24) is 15.6 Å². The normalized spacial score (nSPS) is 30.2. The zero-order valence-corrected chi connectivity index (χ0v) is 12.5. The number of nitrogens with one attached hydrogen (secondary N) is 3. The molecule has 4 heterocycles. The van der Waals surface area contributed by atoms with Gasteiger partial charge in [-0.2, -0.15) is 0 Å². The highest BCUT2D eigenvalue weighted by Gasteiger charge is 2.34. The Labute approximate surface area is 133 Å². The molecule has 0 spiro atoms. The van der Waals surface area contributed by atoms with E-state index in [0.29, 0.717) is 22.9 Å². The first kappa shape index (κ1) is 14.1. The van der Waals surface area contributed by atoms with Crippen molar-refractivity contribution in [2.75, 3.05) is 25.1 Å². The summed E-state index contributed by atoms with van der Waals surface area (Å²) in [5, 5.41) is 26.6. The second-order valence-corrected chi connectivity index (χ2v) is 6.33. The number of non-ortho nitro benzene ring substituents is 1. The summed E-state index contributed by atoms with van der Waals surface area (Å²) in [5.41, 5.74) is 7.26. The van der Waals surface area contributed by atoms with E-state index in [2.05, 4.69) is 21.1 Å². The largest absolute Gasteiger partial charge is 0.859 e. The second kappa shape index (κ2) is 5.31. The van der Waals surface area contributed by atoms with Gasteiger partial charge in [-0.05, 0) is 43.8 Å². The van der Waals surface area contributed by atoms with Gasteiger partial charge in [0.05, 0.1) is 16.3 Å². The Morgan fingerprint density at radius 3 is 2.74 bits per heavy atom. The summed E-state index contributed by atoms with van der Waals surface area (Å²) in [4.78, 5) is 12.8. The van der Waals surface area contributed by atoms with Crippen LogP contribution in [0.25, 0.3) is 5.70 Å². The molecule has 0 radical (unpaired) electrons. The molecule has 122 valence electrons. The average molecular weight is 316 g/mol. The highest BCUT2D eigenvalue weighted by Crippen LogP contribution is 2.32. The van der Waals surface area contributed by atoms with Gasteiger partial charge in [0, 0.05) is 30.3 Å². The number of nitro benzene ring substituents is 1. The van der Waals surface area contributed by atoms with Gasteiger partial charge in [0.2, 0.25) is 0 Å². The SMILES string of the molecule is O=[N+]([O-])c1ccc2c(c1)C(=C([O-])N[C@@H]1CN3CCC1CC3)NN2. The van der Waals surface area contributed by atoms with Crippen LogP contribution in [0, 0.1) is 16.0 Å². The lowest BCUT2D eigenvalue weighted by atomic mass is 9.84. The number of hydrazine groups is 1. The predicted octanol–water partition coefficient (Wildman–Crippen LogP) is 0.195. The van der Waals surface area contributed by atoms with Crippen LogP contribution in [0.1, 0.15) is 18.4 Å². The molecule has 3 saturated heterocycles. The highest BCUT2D eigenvalue weighted by atomic mass is 16.6. The second-order valence-electron chi connectivity index (χ2n) is 6.33. The van der Waals surface area contributed by atoms with Gasteiger partial charge in [-0.1, -0.05) is 0 Å². The van der Waals surface area contributed by atoms with E-state index < -0.39 is 4.92 Å². The lowest BCUT2D eigenvalue weighted by Crippen LogP contribution is -2.56. The van der Waals surface area contributed by atoms with Crippen molar-refractivity contribution in [2.45, 2.75) is 18.9 Å². The fourth-order valence-electron chi connectivity index (χ4n) is 3.71. The lowest BCUT2D eigenvalue weighted by Gasteiger charge is -2.46. The van der Waals surface area contributed by atoms with Gasteiger partial charge in [0.1, 0.15) is 0 Å². The molecule has 0 aliphatic carbocycles. The summed E-state index contributed by atoms with van der Waals surface area (Å²) in [5.74, 6) is 0.319. The average Bonchev–Trinajstić information content (AvgIpc) is 2.99. The summed E-state index contributed by atoms with van der Waals surface area (Å²) < 4.78 is 0. The summed E-state index contributed by atoms with van der Waals surface area (Å²) in [6, 6.07) is 4.60. The van der Waals surface area contributed by atoms with Crippen molar-refractivity contribution in [3.05, 3.63) is 39.8 Å². The maximum Gasteiger partial charge on any atom is 0.270 e. The molecular weight excluding hydrogens is 298 g/mol. The zero-order chi connectivity index (χ0) is 16.0. The van der Waals surface area contributed by atoms with Crippen LogP contribution in [0.15, 0.2) is 24.1 Å². The minimum atomic E-state index is -0.457. The van der Waals surface area contributed by atoms with Crippen molar-refractivity contribution < 1.29 is 10.0 Å². The van der Waals surface area contributed by atoms with Gasteiger partial charge in [-0.3, -0.25) is 15.5 Å². The first-order chi connectivity index (χ1) is 11.1. The Morgan fingerprint density at radius 1 is 1.30 bits per heavy atom. The maximum absolute atomic E-state index is 12.6. The summed E-state index contributed by atoms with van der Waals surface area (Å²) in [6.45, 7) is 3.11. The van der Waals surface area contributed by atoms with Gasteiger partial charge >= 0.3 is 0 Å². The third-order valence-corrected chi connectivity index (χ3v) is 5.01. The molecule has 1 aromatic rings. The fourth-order valence-corrected chi connectivity index (χ4v) is 3.71. The van der Waals surface area contributed by atoms with E-state index in [9.17, 15) is 15.2 Å². The number of anilines is 1. The Hall–Kier alpha value is -2.48. The van der Waals surface area contributed by atoms with Crippen LogP contribution in [-0.2, 0) is 0 Å². The van der Waals surface area contributed by atoms with Gasteiger partial charge in [-0.15, -0.1) is 0 Å². The van der Waals surface area contributed by atoms with Gasteiger partial charge in [0.15, 0.2) is 0 Å². The first-order valence-electron chi connectivity index (χ1n) is 7.83. The quantitative estimate of drug-likeness (QED) is 0.415. The molecule has 8 heteroatoms. The molecule has 8 nitrogen and oxygen atoms in total. The third kappa shape index (κ3) is 2.44. The topological polar surface area (TPSA) is 106 Å². The molecule has 0 unspecified atom stereocenters. The number of fused-ring (bicyclic) bond motifs is 4. The fraction of sp³-hybridized carbons (Fsp3) is 0.467. The van der Waals surface area contributed by atoms with Crippen LogP contribution in [0.5, 0.6) is 0 Å². The number of rotatable bonds is 3. The van der Waals surface area contributed by atoms with Crippen LogP contribution in [0.3, 0.4) is 0 Å². The van der Waals surface area contributed by atoms with Gasteiger partial charge in [0.25, 0.3) is 5.69 Å². The predicted molar refractivity (Wildman–Crippen MR) is 82.9 cm³/mol. The molecule has 2 bridgehead atoms. The van der Waals surface area contributed by atoms with Gasteiger partial charge < -0.3 is 20.7 Å². The number of hydrogen-bond donors (Lipinski definition) is 3. The van der Waals surface area contributed by atoms with E-state index in [1.54, 1.807) is 6.07 Å². The van der Waals surface area contributed by atoms with E-state index in [1.807, 2.05) is 0 Å². The van der Waals surface area contributed by atoms with Crippen LogP contribution < -0.4 is 21.3 Å². The molecule has 3 N–H and O–H groups in total. The van der Waals surface area contributed by atoms with Crippen molar-refractivity contribution in [2.24, 2.45) is 5.92 Å². The highest BCUT2D eigenvalue weighted by molar-refractivity contribution is 5.82. The minimum Gasteiger partial charge on any atom is -0.859 e. The molecule has 4 aliphatic rings. The zero-order valence-electron chi connectivity index (χ0n) is 12.5. The van der Waals surface area contributed by atoms with Gasteiger partial charge in [-0.25, -0.2) is 0 Å². The number of benzene rings is 1. The summed E-state index contributed by atoms with van der Waals surface area (Å²) >= 11 is 0. The first-order valence-corrected chi connectivity index (χ1v) is 7.83. The van der Waals surface area contributed by atoms with Crippen LogP contribution in [0.4, 0.5) is 11.4 Å². The molecule has 1 atom stereocenters. The van der Waals surface area contributed by atoms with Crippen molar-refractivity contribution in [1.29, 1.82) is 0 Å². The molecule has 0 aromatic heterocycles. The number of nitro groups is 1. The molecular formula is C15H18N5O3-. The molecule has 0 amide bonds. The molecule has 3 fully saturated rings. The summed E-state index contributed by atoms with van der Waals surface area (Å²) in [6.07, 6.45) is 2.24. The van der Waals surface area contributed by atoms with E-state index in [-0.39, 0.29) is 17.6 Å². The third-order valence-electron chi connectivity index (χ3n) is 5.01. The van der Waals surface area contributed by atoms with E-state index in [0.717, 1.165) is 32.5 Å². The van der Waals surface area contributed by atoms with E-state index in [4.69, 9.17) is 0 Å². The lowest BCUT2D eigenvalue weighted by molar-refractivity contribution is -0.384. The van der Waals surface area contributed by atoms with Crippen LogP contribution in [-0.4, -0.2) is 35.5 Å². The van der Waals surface area contributed by atoms with E-state index >= 15 is 0 Å². The minimum absolute atomic E-state index is 0.0256. The maximum atomic E-state index is 12.6. The van der Waals surface area contributed by atoms with Crippen LogP contribution in [0.2, 0.25) is 0 Å². The molecule has 5 rings (SSSR count). The van der Waals surface area contributed by atoms with Crippen molar-refractivity contribution in [3.8, 4) is 0 Å². The molecule has 4 aliphatic heterocycles. The Balaban J connectivity index is 1.59. The standard InChI is InChI=1S/C15H19N5O3/c21-15(16-13-8-19-5-3-9(13)4-6-19)14-11-7-10(20(22)23)1-2-12(11)17-18-14/h1-2,7,9,13,16-18,21H,3-6,8H2/p-1/t13-/m1/s1. The number of hydrogen-bond acceptors (Lipinski definition) is 7. The molecule has 23 heavy (non-hydrogen) atoms. The molecule has 1 aromatic carbocycles. The summed E-state index contributed by atoms with van der Waals surface area (Å²) in [7, 11) is 0. The monoisotopic (exact) mass is 316 g/mol. The Kier molecular flexibility index (Phi) is 3.26. The molecule has 0 saturated carbocycles. The van der Waals surface area contributed by atoms with Crippen molar-refractivity contribution in [3.63, 3.8) is 0 Å². The Morgan fingerprint density at radius 2 is 2.09 bits per heavy atom. The Bertz CT molecular complexity index is 682.